The molecule has 10 heteroatoms. The average Bonchev–Trinajstić information content (AvgIpc) is 3.63. The van der Waals surface area contributed by atoms with Gasteiger partial charge in [0.05, 0.1) is 22.5 Å². The number of thioether (sulfide) groups is 1. The molecule has 0 aliphatic carbocycles. The number of alkyl halides is 1. The first-order valence-corrected chi connectivity index (χ1v) is 14.5. The number of amides is 2. The zero-order valence-corrected chi connectivity index (χ0v) is 23.2. The maximum atomic E-state index is 14.5. The highest BCUT2D eigenvalue weighted by Gasteiger charge is 2.53. The molecule has 2 saturated heterocycles. The molecule has 1 spiro atoms. The maximum Gasteiger partial charge on any atom is 0.318 e. The van der Waals surface area contributed by atoms with Crippen LogP contribution in [0.25, 0.3) is 0 Å². The molecule has 1 aromatic carbocycles. The normalized spacial score (nSPS) is 30.6. The number of dihydropyridines is 1. The monoisotopic (exact) mass is 569 g/mol. The number of urea groups is 1. The van der Waals surface area contributed by atoms with Gasteiger partial charge in [-0.05, 0) is 43.4 Å². The summed E-state index contributed by atoms with van der Waals surface area (Å²) < 4.78 is 28.6. The van der Waals surface area contributed by atoms with E-state index in [1.54, 1.807) is 28.8 Å². The zero-order valence-electron chi connectivity index (χ0n) is 21.6. The van der Waals surface area contributed by atoms with Gasteiger partial charge < -0.3 is 15.1 Å². The third-order valence-electron chi connectivity index (χ3n) is 7.92. The van der Waals surface area contributed by atoms with Crippen LogP contribution in [-0.4, -0.2) is 70.0 Å². The number of hydrogen-bond donors (Lipinski definition) is 1. The number of carbonyl (C=O) groups is 1. The minimum absolute atomic E-state index is 0.0993. The Morgan fingerprint density at radius 3 is 2.87 bits per heavy atom. The van der Waals surface area contributed by atoms with Crippen molar-refractivity contribution in [1.29, 1.82) is 0 Å². The lowest BCUT2D eigenvalue weighted by Gasteiger charge is -2.36. The van der Waals surface area contributed by atoms with Gasteiger partial charge in [-0.3, -0.25) is 9.98 Å². The molecule has 39 heavy (non-hydrogen) atoms. The SMILES string of the molecule is C=CCN1C[C@]2(CC3=C(C4=NC(C(C)F)CC=C4)[C@H](c4ccc(F)cc4Cl)N=C(C4CC=CS4)N3C2)NC1=O. The van der Waals surface area contributed by atoms with Gasteiger partial charge >= 0.3 is 6.03 Å². The van der Waals surface area contributed by atoms with E-state index in [-0.39, 0.29) is 16.3 Å². The van der Waals surface area contributed by atoms with E-state index in [1.165, 1.54) is 19.1 Å². The van der Waals surface area contributed by atoms with Crippen molar-refractivity contribution in [2.75, 3.05) is 19.6 Å². The second-order valence-electron chi connectivity index (χ2n) is 10.7. The summed E-state index contributed by atoms with van der Waals surface area (Å²) in [4.78, 5) is 27.0. The smallest absolute Gasteiger partial charge is 0.318 e. The number of hydrogen-bond acceptors (Lipinski definition) is 5. The molecule has 5 heterocycles. The van der Waals surface area contributed by atoms with Crippen LogP contribution >= 0.6 is 23.4 Å². The minimum Gasteiger partial charge on any atom is -0.330 e. The predicted molar refractivity (Wildman–Crippen MR) is 154 cm³/mol. The number of fused-ring (bicyclic) bond motifs is 1. The summed E-state index contributed by atoms with van der Waals surface area (Å²) in [5.74, 6) is 0.477. The molecule has 2 amide bonds. The Morgan fingerprint density at radius 2 is 2.15 bits per heavy atom. The first kappa shape index (κ1) is 26.3. The van der Waals surface area contributed by atoms with E-state index in [0.29, 0.717) is 43.8 Å². The highest BCUT2D eigenvalue weighted by Crippen LogP contribution is 2.47. The van der Waals surface area contributed by atoms with Crippen LogP contribution in [0.4, 0.5) is 13.6 Å². The molecule has 204 valence electrons. The number of rotatable bonds is 6. The van der Waals surface area contributed by atoms with Gasteiger partial charge in [0.15, 0.2) is 0 Å². The Bertz CT molecular complexity index is 1360. The second kappa shape index (κ2) is 10.2. The molecule has 2 fully saturated rings. The van der Waals surface area contributed by atoms with Crippen LogP contribution in [-0.2, 0) is 0 Å². The summed E-state index contributed by atoms with van der Waals surface area (Å²) in [6, 6.07) is 3.21. The zero-order chi connectivity index (χ0) is 27.3. The highest BCUT2D eigenvalue weighted by atomic mass is 35.5. The molecule has 6 rings (SSSR count). The van der Waals surface area contributed by atoms with Crippen molar-refractivity contribution < 1.29 is 13.6 Å². The first-order valence-electron chi connectivity index (χ1n) is 13.2. The third kappa shape index (κ3) is 4.73. The summed E-state index contributed by atoms with van der Waals surface area (Å²) in [5, 5.41) is 5.71. The number of aliphatic imine (C=N–C) groups is 2. The van der Waals surface area contributed by atoms with Gasteiger partial charge in [0.1, 0.15) is 23.9 Å². The summed E-state index contributed by atoms with van der Waals surface area (Å²) in [6.45, 7) is 6.88. The predicted octanol–water partition coefficient (Wildman–Crippen LogP) is 5.99. The number of amidine groups is 1. The van der Waals surface area contributed by atoms with E-state index >= 15 is 0 Å². The van der Waals surface area contributed by atoms with Crippen molar-refractivity contribution in [2.45, 2.75) is 55.2 Å². The molecule has 5 aliphatic heterocycles. The summed E-state index contributed by atoms with van der Waals surface area (Å²) in [5.41, 5.74) is 2.63. The lowest BCUT2D eigenvalue weighted by molar-refractivity contribution is 0.222. The van der Waals surface area contributed by atoms with Crippen LogP contribution in [0.1, 0.15) is 37.8 Å². The number of benzene rings is 1. The largest absolute Gasteiger partial charge is 0.330 e. The molecular formula is C29H30ClF2N5OS. The minimum atomic E-state index is -1.11. The Hall–Kier alpha value is -2.91. The van der Waals surface area contributed by atoms with Gasteiger partial charge in [0.2, 0.25) is 0 Å². The summed E-state index contributed by atoms with van der Waals surface area (Å²) in [6.07, 6.45) is 8.54. The van der Waals surface area contributed by atoms with Gasteiger partial charge in [-0.25, -0.2) is 13.6 Å². The van der Waals surface area contributed by atoms with E-state index in [2.05, 4.69) is 28.3 Å². The van der Waals surface area contributed by atoms with Crippen LogP contribution in [0.5, 0.6) is 0 Å². The fraction of sp³-hybridized carbons (Fsp3) is 0.414. The maximum absolute atomic E-state index is 14.5. The van der Waals surface area contributed by atoms with Gasteiger partial charge in [0, 0.05) is 47.9 Å². The van der Waals surface area contributed by atoms with E-state index in [9.17, 15) is 13.6 Å². The Balaban J connectivity index is 1.52. The van der Waals surface area contributed by atoms with Crippen LogP contribution in [0.3, 0.4) is 0 Å². The fourth-order valence-corrected chi connectivity index (χ4v) is 7.33. The Kier molecular flexibility index (Phi) is 6.91. The van der Waals surface area contributed by atoms with Crippen LogP contribution in [0.15, 0.2) is 75.7 Å². The van der Waals surface area contributed by atoms with E-state index in [4.69, 9.17) is 21.6 Å². The van der Waals surface area contributed by atoms with Gasteiger partial charge in [0.25, 0.3) is 0 Å². The van der Waals surface area contributed by atoms with Crippen molar-refractivity contribution in [2.24, 2.45) is 9.98 Å². The lowest BCUT2D eigenvalue weighted by atomic mass is 9.87. The van der Waals surface area contributed by atoms with E-state index in [0.717, 1.165) is 23.5 Å². The standard InChI is InChI=1S/C29H30ClF2N5OS/c1-3-11-36-15-29(35-28(36)38)14-23-25(22-7-4-6-21(33-22)17(2)31)26(19-10-9-18(32)13-20(19)30)34-27(37(23)16-29)24-8-5-12-39-24/h3-5,7,9-10,12-13,17,21,24,26H,1,6,8,11,14-16H2,2H3,(H,35,38)/t17?,21?,24?,26-,29-/m0/s1. The molecule has 3 unspecified atom stereocenters. The first-order chi connectivity index (χ1) is 18.8. The van der Waals surface area contributed by atoms with Crippen LogP contribution in [0.2, 0.25) is 5.02 Å². The number of allylic oxidation sites excluding steroid dienone is 2. The average molecular weight is 570 g/mol. The molecule has 0 bridgehead atoms. The molecule has 1 aromatic rings. The second-order valence-corrected chi connectivity index (χ2v) is 12.2. The van der Waals surface area contributed by atoms with Gasteiger partial charge in [-0.2, -0.15) is 0 Å². The van der Waals surface area contributed by atoms with Crippen LogP contribution < -0.4 is 5.32 Å². The van der Waals surface area contributed by atoms with Gasteiger partial charge in [-0.15, -0.1) is 18.3 Å². The molecule has 6 nitrogen and oxygen atoms in total. The fourth-order valence-electron chi connectivity index (χ4n) is 6.12. The topological polar surface area (TPSA) is 60.3 Å². The third-order valence-corrected chi connectivity index (χ3v) is 9.32. The molecule has 5 atom stereocenters. The van der Waals surface area contributed by atoms with E-state index in [1.807, 2.05) is 12.2 Å². The Labute approximate surface area is 236 Å². The number of nitrogens with zero attached hydrogens (tertiary/aromatic N) is 4. The molecule has 5 aliphatic rings. The molecule has 0 saturated carbocycles. The summed E-state index contributed by atoms with van der Waals surface area (Å²) >= 11 is 8.35. The van der Waals surface area contributed by atoms with Crippen molar-refractivity contribution in [3.63, 3.8) is 0 Å². The molecule has 0 radical (unpaired) electrons. The van der Waals surface area contributed by atoms with Crippen molar-refractivity contribution in [1.82, 2.24) is 15.1 Å². The molecular weight excluding hydrogens is 540 g/mol. The van der Waals surface area contributed by atoms with Crippen molar-refractivity contribution in [3.8, 4) is 0 Å². The van der Waals surface area contributed by atoms with Crippen LogP contribution in [0, 0.1) is 5.82 Å². The Morgan fingerprint density at radius 1 is 1.31 bits per heavy atom. The number of halogens is 3. The molecule has 1 N–H and O–H groups in total. The van der Waals surface area contributed by atoms with Crippen molar-refractivity contribution >= 4 is 40.9 Å². The van der Waals surface area contributed by atoms with E-state index < -0.39 is 29.6 Å². The quantitative estimate of drug-likeness (QED) is 0.428. The highest BCUT2D eigenvalue weighted by molar-refractivity contribution is 8.03. The number of carbonyl (C=O) groups excluding carboxylic acids is 1. The van der Waals surface area contributed by atoms with Crippen molar-refractivity contribution in [3.05, 3.63) is 82.2 Å². The van der Waals surface area contributed by atoms with Gasteiger partial charge in [-0.1, -0.05) is 35.9 Å². The summed E-state index contributed by atoms with van der Waals surface area (Å²) in [7, 11) is 0. The molecule has 0 aromatic heterocycles. The number of nitrogens with one attached hydrogen (secondary N) is 1. The lowest BCUT2D eigenvalue weighted by Crippen LogP contribution is -2.48.